The number of rotatable bonds is 2. The van der Waals surface area contributed by atoms with Crippen molar-refractivity contribution in [3.8, 4) is 11.1 Å². The van der Waals surface area contributed by atoms with Crippen molar-refractivity contribution >= 4 is 41.6 Å². The van der Waals surface area contributed by atoms with E-state index in [0.717, 1.165) is 6.16 Å². The molecular weight excluding hydrogens is 307 g/mol. The number of benzene rings is 5. The van der Waals surface area contributed by atoms with Crippen LogP contribution >= 0.6 is 9.24 Å². The molecule has 24 heavy (non-hydrogen) atoms. The summed E-state index contributed by atoms with van der Waals surface area (Å²) >= 11 is 0. The Labute approximate surface area is 143 Å². The summed E-state index contributed by atoms with van der Waals surface area (Å²) in [5.41, 5.74) is 3.97. The van der Waals surface area contributed by atoms with Gasteiger partial charge < -0.3 is 0 Å². The zero-order valence-electron chi connectivity index (χ0n) is 13.3. The molecule has 0 heterocycles. The zero-order chi connectivity index (χ0) is 16.1. The van der Waals surface area contributed by atoms with E-state index in [2.05, 4.69) is 88.1 Å². The molecule has 0 nitrogen and oxygen atoms in total. The average Bonchev–Trinajstić information content (AvgIpc) is 2.66. The van der Waals surface area contributed by atoms with Crippen LogP contribution in [0.25, 0.3) is 43.4 Å². The van der Waals surface area contributed by atoms with Crippen molar-refractivity contribution in [2.75, 3.05) is 0 Å². The Morgan fingerprint density at radius 2 is 1.29 bits per heavy atom. The fourth-order valence-corrected chi connectivity index (χ4v) is 4.11. The first-order valence-electron chi connectivity index (χ1n) is 8.31. The first-order valence-corrected chi connectivity index (χ1v) is 9.13. The summed E-state index contributed by atoms with van der Waals surface area (Å²) in [4.78, 5) is 0. The Hall–Kier alpha value is -2.43. The van der Waals surface area contributed by atoms with Crippen LogP contribution in [-0.4, -0.2) is 0 Å². The molecule has 1 atom stereocenters. The number of hydrogen-bond acceptors (Lipinski definition) is 0. The van der Waals surface area contributed by atoms with E-state index in [1.807, 2.05) is 0 Å². The van der Waals surface area contributed by atoms with E-state index < -0.39 is 0 Å². The van der Waals surface area contributed by atoms with Crippen LogP contribution in [0.1, 0.15) is 5.56 Å². The van der Waals surface area contributed by atoms with Gasteiger partial charge in [0.1, 0.15) is 0 Å². The van der Waals surface area contributed by atoms with Gasteiger partial charge in [-0.2, -0.15) is 0 Å². The normalized spacial score (nSPS) is 11.7. The molecule has 0 N–H and O–H groups in total. The third-order valence-corrected chi connectivity index (χ3v) is 5.47. The van der Waals surface area contributed by atoms with Crippen molar-refractivity contribution in [1.82, 2.24) is 0 Å². The molecule has 1 heteroatoms. The van der Waals surface area contributed by atoms with Crippen molar-refractivity contribution in [3.05, 3.63) is 84.4 Å². The van der Waals surface area contributed by atoms with Crippen LogP contribution in [0, 0.1) is 0 Å². The Bertz CT molecular complexity index is 1170. The maximum absolute atomic E-state index is 2.81. The summed E-state index contributed by atoms with van der Waals surface area (Å²) in [5, 5.41) is 8.08. The first-order chi connectivity index (χ1) is 11.8. The van der Waals surface area contributed by atoms with Gasteiger partial charge >= 0.3 is 0 Å². The topological polar surface area (TPSA) is 0 Å². The van der Waals surface area contributed by atoms with E-state index in [4.69, 9.17) is 0 Å². The van der Waals surface area contributed by atoms with Gasteiger partial charge in [0.25, 0.3) is 0 Å². The molecule has 0 radical (unpaired) electrons. The lowest BCUT2D eigenvalue weighted by molar-refractivity contribution is 1.42. The average molecular weight is 324 g/mol. The molecule has 0 saturated heterocycles. The molecule has 5 rings (SSSR count). The maximum Gasteiger partial charge on any atom is -0.00206 e. The van der Waals surface area contributed by atoms with Crippen molar-refractivity contribution in [2.24, 2.45) is 0 Å². The molecule has 0 aromatic heterocycles. The van der Waals surface area contributed by atoms with Gasteiger partial charge in [0.05, 0.1) is 0 Å². The standard InChI is InChI=1S/C23H17P/c24-14-15-3-1-6-19(13-15)20-11-9-18-8-7-16-4-2-5-17-10-12-21(20)23(18)22(16)17/h1-13H,14,24H2. The van der Waals surface area contributed by atoms with E-state index in [9.17, 15) is 0 Å². The second-order valence-electron chi connectivity index (χ2n) is 6.37. The molecule has 0 saturated carbocycles. The van der Waals surface area contributed by atoms with E-state index >= 15 is 0 Å². The van der Waals surface area contributed by atoms with Gasteiger partial charge in [-0.15, -0.1) is 9.24 Å². The van der Waals surface area contributed by atoms with E-state index in [0.29, 0.717) is 0 Å². The predicted octanol–water partition coefficient (Wildman–Crippen LogP) is 6.63. The minimum absolute atomic E-state index is 0.986. The van der Waals surface area contributed by atoms with Crippen LogP contribution in [0.2, 0.25) is 0 Å². The molecule has 0 aliphatic rings. The highest BCUT2D eigenvalue weighted by atomic mass is 31.0. The summed E-state index contributed by atoms with van der Waals surface area (Å²) in [5.74, 6) is 0. The van der Waals surface area contributed by atoms with Gasteiger partial charge in [0.2, 0.25) is 0 Å². The monoisotopic (exact) mass is 324 g/mol. The van der Waals surface area contributed by atoms with Crippen LogP contribution in [0.4, 0.5) is 0 Å². The minimum atomic E-state index is 0.986. The van der Waals surface area contributed by atoms with E-state index in [1.165, 1.54) is 49.0 Å². The van der Waals surface area contributed by atoms with Crippen molar-refractivity contribution in [1.29, 1.82) is 0 Å². The van der Waals surface area contributed by atoms with Crippen LogP contribution in [-0.2, 0) is 6.16 Å². The molecule has 0 aliphatic heterocycles. The molecule has 0 fully saturated rings. The summed E-state index contributed by atoms with van der Waals surface area (Å²) in [6.07, 6.45) is 0.986. The largest absolute Gasteiger partial charge is 0.133 e. The SMILES string of the molecule is PCc1cccc(-c2ccc3ccc4cccc5ccc2c3c45)c1. The number of hydrogen-bond donors (Lipinski definition) is 0. The van der Waals surface area contributed by atoms with Crippen molar-refractivity contribution in [2.45, 2.75) is 6.16 Å². The smallest absolute Gasteiger partial charge is 0.00206 e. The summed E-state index contributed by atoms with van der Waals surface area (Å²) in [7, 11) is 2.81. The van der Waals surface area contributed by atoms with Gasteiger partial charge in [-0.1, -0.05) is 78.9 Å². The lowest BCUT2D eigenvalue weighted by Gasteiger charge is -2.14. The highest BCUT2D eigenvalue weighted by molar-refractivity contribution is 7.15. The highest BCUT2D eigenvalue weighted by Crippen LogP contribution is 2.39. The third kappa shape index (κ3) is 1.97. The third-order valence-electron chi connectivity index (χ3n) is 5.00. The van der Waals surface area contributed by atoms with Gasteiger partial charge in [0.15, 0.2) is 0 Å². The molecular formula is C23H17P. The summed E-state index contributed by atoms with van der Waals surface area (Å²) < 4.78 is 0. The quantitative estimate of drug-likeness (QED) is 0.253. The molecule has 0 aliphatic carbocycles. The Morgan fingerprint density at radius 3 is 2.08 bits per heavy atom. The minimum Gasteiger partial charge on any atom is -0.133 e. The Kier molecular flexibility index (Phi) is 3.08. The fourth-order valence-electron chi connectivity index (χ4n) is 3.85. The molecule has 5 aromatic carbocycles. The summed E-state index contributed by atoms with van der Waals surface area (Å²) in [6.45, 7) is 0. The molecule has 114 valence electrons. The van der Waals surface area contributed by atoms with Gasteiger partial charge in [-0.3, -0.25) is 0 Å². The second kappa shape index (κ2) is 5.30. The van der Waals surface area contributed by atoms with Gasteiger partial charge in [-0.25, -0.2) is 0 Å². The van der Waals surface area contributed by atoms with Crippen LogP contribution in [0.5, 0.6) is 0 Å². The summed E-state index contributed by atoms with van der Waals surface area (Å²) in [6, 6.07) is 29.0. The van der Waals surface area contributed by atoms with Crippen LogP contribution in [0.3, 0.4) is 0 Å². The van der Waals surface area contributed by atoms with Gasteiger partial charge in [-0.05, 0) is 55.2 Å². The lowest BCUT2D eigenvalue weighted by atomic mass is 9.89. The molecule has 1 unspecified atom stereocenters. The van der Waals surface area contributed by atoms with Crippen LogP contribution < -0.4 is 0 Å². The predicted molar refractivity (Wildman–Crippen MR) is 109 cm³/mol. The Morgan fingerprint density at radius 1 is 0.625 bits per heavy atom. The molecule has 5 aromatic rings. The molecule has 0 bridgehead atoms. The highest BCUT2D eigenvalue weighted by Gasteiger charge is 2.11. The fraction of sp³-hybridized carbons (Fsp3) is 0.0435. The maximum atomic E-state index is 2.81. The lowest BCUT2D eigenvalue weighted by Crippen LogP contribution is -1.88. The Balaban J connectivity index is 1.93. The zero-order valence-corrected chi connectivity index (χ0v) is 14.4. The molecule has 0 spiro atoms. The van der Waals surface area contributed by atoms with Crippen LogP contribution in [0.15, 0.2) is 78.9 Å². The van der Waals surface area contributed by atoms with Crippen molar-refractivity contribution < 1.29 is 0 Å². The van der Waals surface area contributed by atoms with E-state index in [-0.39, 0.29) is 0 Å². The molecule has 0 amide bonds. The van der Waals surface area contributed by atoms with E-state index in [1.54, 1.807) is 0 Å². The first kappa shape index (κ1) is 14.0. The van der Waals surface area contributed by atoms with Gasteiger partial charge in [0, 0.05) is 0 Å². The van der Waals surface area contributed by atoms with Crippen molar-refractivity contribution in [3.63, 3.8) is 0 Å². The second-order valence-corrected chi connectivity index (χ2v) is 6.78.